The smallest absolute Gasteiger partial charge is 0.274 e. The van der Waals surface area contributed by atoms with Gasteiger partial charge in [-0.3, -0.25) is 0 Å². The molecule has 0 spiro atoms. The highest BCUT2D eigenvalue weighted by molar-refractivity contribution is 7.87. The number of nitrogens with two attached hydrogens (primary N) is 1. The number of rotatable bonds is 5. The summed E-state index contributed by atoms with van der Waals surface area (Å²) in [5.41, 5.74) is 0. The van der Waals surface area contributed by atoms with E-state index in [1.54, 1.807) is 0 Å². The molecule has 0 aliphatic heterocycles. The quantitative estimate of drug-likeness (QED) is 0.611. The summed E-state index contributed by atoms with van der Waals surface area (Å²) in [5.74, 6) is 0. The molecule has 0 atom stereocenters. The molecule has 1 saturated carbocycles. The van der Waals surface area contributed by atoms with Crippen LogP contribution in [0.5, 0.6) is 0 Å². The summed E-state index contributed by atoms with van der Waals surface area (Å²) < 4.78 is 28.5. The predicted molar refractivity (Wildman–Crippen MR) is 49.3 cm³/mol. The molecular formula is C7H16N2O3S. The lowest BCUT2D eigenvalue weighted by molar-refractivity contribution is 0.0626. The Balaban J connectivity index is 2.01. The molecule has 78 valence electrons. The zero-order chi connectivity index (χ0) is 9.73. The number of hydrogen-bond donors (Lipinski definition) is 2. The Morgan fingerprint density at radius 1 is 1.38 bits per heavy atom. The minimum absolute atomic E-state index is 0.259. The molecular weight excluding hydrogens is 192 g/mol. The van der Waals surface area contributed by atoms with Gasteiger partial charge in [-0.05, 0) is 12.8 Å². The van der Waals surface area contributed by atoms with Crippen molar-refractivity contribution in [2.24, 2.45) is 5.14 Å². The van der Waals surface area contributed by atoms with E-state index in [1.165, 1.54) is 12.8 Å². The maximum absolute atomic E-state index is 10.4. The third-order valence-corrected chi connectivity index (χ3v) is 2.67. The van der Waals surface area contributed by atoms with E-state index in [0.717, 1.165) is 12.8 Å². The summed E-state index contributed by atoms with van der Waals surface area (Å²) in [6, 6.07) is 0. The summed E-state index contributed by atoms with van der Waals surface area (Å²) in [6.07, 6.45) is 4.94. The molecule has 0 saturated heterocycles. The van der Waals surface area contributed by atoms with Gasteiger partial charge >= 0.3 is 0 Å². The summed E-state index contributed by atoms with van der Waals surface area (Å²) in [6.45, 7) is 0.663. The maximum Gasteiger partial charge on any atom is 0.274 e. The maximum atomic E-state index is 10.4. The van der Waals surface area contributed by atoms with E-state index in [1.807, 2.05) is 0 Å². The third kappa shape index (κ3) is 5.20. The molecule has 6 heteroatoms. The second-order valence-electron chi connectivity index (χ2n) is 3.22. The average Bonchev–Trinajstić information content (AvgIpc) is 2.48. The average molecular weight is 208 g/mol. The van der Waals surface area contributed by atoms with Crippen molar-refractivity contribution < 1.29 is 13.2 Å². The third-order valence-electron chi connectivity index (χ3n) is 2.06. The molecule has 0 amide bonds. The molecule has 0 aromatic rings. The van der Waals surface area contributed by atoms with Gasteiger partial charge in [0.2, 0.25) is 0 Å². The van der Waals surface area contributed by atoms with Gasteiger partial charge < -0.3 is 4.74 Å². The highest BCUT2D eigenvalue weighted by atomic mass is 32.2. The van der Waals surface area contributed by atoms with Crippen LogP contribution in [-0.2, 0) is 14.9 Å². The first kappa shape index (κ1) is 10.9. The molecule has 1 fully saturated rings. The van der Waals surface area contributed by atoms with Crippen molar-refractivity contribution in [2.45, 2.75) is 31.8 Å². The van der Waals surface area contributed by atoms with Gasteiger partial charge in [-0.1, -0.05) is 12.8 Å². The number of ether oxygens (including phenoxy) is 1. The number of nitrogens with one attached hydrogen (secondary N) is 1. The lowest BCUT2D eigenvalue weighted by Gasteiger charge is -2.10. The normalized spacial score (nSPS) is 19.5. The van der Waals surface area contributed by atoms with Crippen molar-refractivity contribution in [1.82, 2.24) is 4.72 Å². The molecule has 13 heavy (non-hydrogen) atoms. The fourth-order valence-electron chi connectivity index (χ4n) is 1.46. The van der Waals surface area contributed by atoms with Crippen LogP contribution in [0.4, 0.5) is 0 Å². The van der Waals surface area contributed by atoms with Gasteiger partial charge in [-0.25, -0.2) is 9.86 Å². The molecule has 3 N–H and O–H groups in total. The summed E-state index contributed by atoms with van der Waals surface area (Å²) >= 11 is 0. The van der Waals surface area contributed by atoms with Crippen LogP contribution in [-0.4, -0.2) is 27.7 Å². The second kappa shape index (κ2) is 4.90. The van der Waals surface area contributed by atoms with E-state index in [0.29, 0.717) is 12.7 Å². The van der Waals surface area contributed by atoms with Gasteiger partial charge in [0.15, 0.2) is 0 Å². The Labute approximate surface area is 78.8 Å². The monoisotopic (exact) mass is 208 g/mol. The van der Waals surface area contributed by atoms with Crippen LogP contribution in [0.1, 0.15) is 25.7 Å². The van der Waals surface area contributed by atoms with Crippen LogP contribution in [0.2, 0.25) is 0 Å². The molecule has 0 unspecified atom stereocenters. The van der Waals surface area contributed by atoms with Crippen molar-refractivity contribution in [1.29, 1.82) is 0 Å². The zero-order valence-electron chi connectivity index (χ0n) is 7.53. The van der Waals surface area contributed by atoms with Gasteiger partial charge in [-0.2, -0.15) is 8.42 Å². The van der Waals surface area contributed by atoms with Gasteiger partial charge in [0.05, 0.1) is 12.7 Å². The molecule has 0 bridgehead atoms. The standard InChI is InChI=1S/C7H16N2O3S/c8-13(10,11)9-5-6-12-7-3-1-2-4-7/h7,9H,1-6H2,(H2,8,10,11). The highest BCUT2D eigenvalue weighted by Crippen LogP contribution is 2.20. The summed E-state index contributed by atoms with van der Waals surface area (Å²) in [4.78, 5) is 0. The van der Waals surface area contributed by atoms with Crippen LogP contribution in [0.3, 0.4) is 0 Å². The first-order chi connectivity index (χ1) is 6.08. The van der Waals surface area contributed by atoms with E-state index in [2.05, 4.69) is 4.72 Å². The predicted octanol–water partition coefficient (Wildman–Crippen LogP) is -0.261. The van der Waals surface area contributed by atoms with E-state index < -0.39 is 10.2 Å². The van der Waals surface area contributed by atoms with Gasteiger partial charge in [0.1, 0.15) is 0 Å². The van der Waals surface area contributed by atoms with E-state index >= 15 is 0 Å². The fourth-order valence-corrected chi connectivity index (χ4v) is 1.83. The van der Waals surface area contributed by atoms with Crippen molar-refractivity contribution in [3.63, 3.8) is 0 Å². The Hall–Kier alpha value is -0.170. The second-order valence-corrected chi connectivity index (χ2v) is 4.60. The molecule has 1 aliphatic rings. The van der Waals surface area contributed by atoms with Crippen LogP contribution in [0.25, 0.3) is 0 Å². The lowest BCUT2D eigenvalue weighted by Crippen LogP contribution is -2.33. The molecule has 0 aromatic carbocycles. The first-order valence-electron chi connectivity index (χ1n) is 4.47. The summed E-state index contributed by atoms with van der Waals surface area (Å²) in [5, 5.41) is 4.74. The van der Waals surface area contributed by atoms with Gasteiger partial charge in [0.25, 0.3) is 10.2 Å². The molecule has 1 rings (SSSR count). The van der Waals surface area contributed by atoms with Gasteiger partial charge in [-0.15, -0.1) is 0 Å². The molecule has 1 aliphatic carbocycles. The minimum atomic E-state index is -3.55. The van der Waals surface area contributed by atoms with Crippen molar-refractivity contribution in [2.75, 3.05) is 13.2 Å². The van der Waals surface area contributed by atoms with Crippen LogP contribution < -0.4 is 9.86 Å². The number of hydrogen-bond acceptors (Lipinski definition) is 3. The largest absolute Gasteiger partial charge is 0.377 e. The van der Waals surface area contributed by atoms with Crippen molar-refractivity contribution in [3.05, 3.63) is 0 Å². The molecule has 0 aromatic heterocycles. The Morgan fingerprint density at radius 2 is 2.00 bits per heavy atom. The van der Waals surface area contributed by atoms with Gasteiger partial charge in [0, 0.05) is 6.54 Å². The van der Waals surface area contributed by atoms with Crippen LogP contribution >= 0.6 is 0 Å². The van der Waals surface area contributed by atoms with Crippen LogP contribution in [0.15, 0.2) is 0 Å². The first-order valence-corrected chi connectivity index (χ1v) is 6.01. The fraction of sp³-hybridized carbons (Fsp3) is 1.00. The van der Waals surface area contributed by atoms with E-state index in [4.69, 9.17) is 9.88 Å². The molecule has 0 heterocycles. The zero-order valence-corrected chi connectivity index (χ0v) is 8.35. The Bertz CT molecular complexity index is 234. The topological polar surface area (TPSA) is 81.4 Å². The Morgan fingerprint density at radius 3 is 2.54 bits per heavy atom. The molecule has 0 radical (unpaired) electrons. The van der Waals surface area contributed by atoms with E-state index in [9.17, 15) is 8.42 Å². The van der Waals surface area contributed by atoms with Crippen molar-refractivity contribution >= 4 is 10.2 Å². The van der Waals surface area contributed by atoms with Crippen molar-refractivity contribution in [3.8, 4) is 0 Å². The Kier molecular flexibility index (Phi) is 4.11. The summed E-state index contributed by atoms with van der Waals surface area (Å²) in [7, 11) is -3.55. The molecule has 5 nitrogen and oxygen atoms in total. The SMILES string of the molecule is NS(=O)(=O)NCCOC1CCCC1. The minimum Gasteiger partial charge on any atom is -0.377 e. The van der Waals surface area contributed by atoms with Crippen LogP contribution in [0, 0.1) is 0 Å². The highest BCUT2D eigenvalue weighted by Gasteiger charge is 2.14. The van der Waals surface area contributed by atoms with E-state index in [-0.39, 0.29) is 6.54 Å². The lowest BCUT2D eigenvalue weighted by atomic mass is 10.3.